The van der Waals surface area contributed by atoms with Crippen LogP contribution in [0.5, 0.6) is 0 Å². The van der Waals surface area contributed by atoms with Crippen molar-refractivity contribution in [2.24, 2.45) is 0 Å². The maximum atomic E-state index is 11.4. The van der Waals surface area contributed by atoms with Crippen molar-refractivity contribution in [1.29, 1.82) is 0 Å². The predicted molar refractivity (Wildman–Crippen MR) is 73.6 cm³/mol. The molecule has 1 saturated heterocycles. The lowest BCUT2D eigenvalue weighted by Gasteiger charge is -2.36. The Kier molecular flexibility index (Phi) is 6.65. The van der Waals surface area contributed by atoms with Crippen LogP contribution in [-0.2, 0) is 9.53 Å². The summed E-state index contributed by atoms with van der Waals surface area (Å²) in [6, 6.07) is 1.26. The molecular weight excluding hydrogens is 228 g/mol. The van der Waals surface area contributed by atoms with Gasteiger partial charge in [-0.3, -0.25) is 9.69 Å². The molecule has 4 nitrogen and oxygen atoms in total. The van der Waals surface area contributed by atoms with Crippen LogP contribution in [0.25, 0.3) is 0 Å². The third-order valence-electron chi connectivity index (χ3n) is 3.76. The van der Waals surface area contributed by atoms with E-state index >= 15 is 0 Å². The van der Waals surface area contributed by atoms with Gasteiger partial charge in [-0.05, 0) is 40.2 Å². The predicted octanol–water partition coefficient (Wildman–Crippen LogP) is 1.79. The zero-order valence-electron chi connectivity index (χ0n) is 12.2. The highest BCUT2D eigenvalue weighted by atomic mass is 16.5. The van der Waals surface area contributed by atoms with Crippen LogP contribution < -0.4 is 5.32 Å². The molecule has 1 fully saturated rings. The number of nitrogens with one attached hydrogen (secondary N) is 1. The number of esters is 1. The number of piperidine rings is 1. The molecule has 1 aliphatic heterocycles. The third-order valence-corrected chi connectivity index (χ3v) is 3.76. The average Bonchev–Trinajstić information content (AvgIpc) is 2.36. The van der Waals surface area contributed by atoms with Crippen LogP contribution in [0.3, 0.4) is 0 Å². The summed E-state index contributed by atoms with van der Waals surface area (Å²) in [6.45, 7) is 8.64. The SMILES string of the molecule is COC(=O)CC(C)N(CC1CCCCN1)C(C)C. The van der Waals surface area contributed by atoms with Gasteiger partial charge in [-0.25, -0.2) is 0 Å². The van der Waals surface area contributed by atoms with Crippen molar-refractivity contribution < 1.29 is 9.53 Å². The number of ether oxygens (including phenoxy) is 1. The Morgan fingerprint density at radius 1 is 1.39 bits per heavy atom. The molecule has 0 aromatic heterocycles. The molecule has 4 heteroatoms. The highest BCUT2D eigenvalue weighted by Gasteiger charge is 2.24. The highest BCUT2D eigenvalue weighted by molar-refractivity contribution is 5.69. The molecule has 1 aliphatic rings. The first-order chi connectivity index (χ1) is 8.54. The summed E-state index contributed by atoms with van der Waals surface area (Å²) >= 11 is 0. The lowest BCUT2D eigenvalue weighted by atomic mass is 10.0. The first kappa shape index (κ1) is 15.4. The molecule has 1 heterocycles. The van der Waals surface area contributed by atoms with E-state index < -0.39 is 0 Å². The van der Waals surface area contributed by atoms with Gasteiger partial charge < -0.3 is 10.1 Å². The van der Waals surface area contributed by atoms with Gasteiger partial charge in [0.25, 0.3) is 0 Å². The molecule has 2 atom stereocenters. The quantitative estimate of drug-likeness (QED) is 0.736. The first-order valence-corrected chi connectivity index (χ1v) is 7.10. The molecule has 18 heavy (non-hydrogen) atoms. The fourth-order valence-corrected chi connectivity index (χ4v) is 2.68. The van der Waals surface area contributed by atoms with Gasteiger partial charge in [-0.1, -0.05) is 6.42 Å². The van der Waals surface area contributed by atoms with E-state index in [9.17, 15) is 4.79 Å². The summed E-state index contributed by atoms with van der Waals surface area (Å²) in [4.78, 5) is 13.8. The number of rotatable bonds is 6. The first-order valence-electron chi connectivity index (χ1n) is 7.10. The van der Waals surface area contributed by atoms with E-state index in [0.29, 0.717) is 18.5 Å². The van der Waals surface area contributed by atoms with E-state index in [-0.39, 0.29) is 12.0 Å². The number of carbonyl (C=O) groups excluding carboxylic acids is 1. The number of methoxy groups -OCH3 is 1. The van der Waals surface area contributed by atoms with Crippen molar-refractivity contribution in [2.75, 3.05) is 20.2 Å². The van der Waals surface area contributed by atoms with Gasteiger partial charge in [0.1, 0.15) is 0 Å². The number of carbonyl (C=O) groups is 1. The van der Waals surface area contributed by atoms with Crippen molar-refractivity contribution in [1.82, 2.24) is 10.2 Å². The van der Waals surface area contributed by atoms with Crippen LogP contribution in [0.15, 0.2) is 0 Å². The molecular formula is C14H28N2O2. The molecule has 0 aromatic rings. The molecule has 0 saturated carbocycles. The minimum atomic E-state index is -0.121. The number of hydrogen-bond donors (Lipinski definition) is 1. The molecule has 0 amide bonds. The number of nitrogens with zero attached hydrogens (tertiary/aromatic N) is 1. The van der Waals surface area contributed by atoms with Crippen LogP contribution in [0.4, 0.5) is 0 Å². The van der Waals surface area contributed by atoms with Crippen LogP contribution in [-0.4, -0.2) is 49.2 Å². The van der Waals surface area contributed by atoms with Crippen LogP contribution in [0.1, 0.15) is 46.5 Å². The molecule has 2 unspecified atom stereocenters. The minimum Gasteiger partial charge on any atom is -0.469 e. The van der Waals surface area contributed by atoms with E-state index in [0.717, 1.165) is 13.1 Å². The fraction of sp³-hybridized carbons (Fsp3) is 0.929. The van der Waals surface area contributed by atoms with Gasteiger partial charge >= 0.3 is 5.97 Å². The molecule has 1 rings (SSSR count). The Balaban J connectivity index is 2.49. The maximum absolute atomic E-state index is 11.4. The topological polar surface area (TPSA) is 41.6 Å². The second-order valence-corrected chi connectivity index (χ2v) is 5.57. The van der Waals surface area contributed by atoms with Gasteiger partial charge in [0.15, 0.2) is 0 Å². The van der Waals surface area contributed by atoms with E-state index in [1.54, 1.807) is 0 Å². The normalized spacial score (nSPS) is 22.2. The summed E-state index contributed by atoms with van der Waals surface area (Å²) in [6.07, 6.45) is 4.32. The van der Waals surface area contributed by atoms with Crippen molar-refractivity contribution in [3.8, 4) is 0 Å². The second kappa shape index (κ2) is 7.74. The zero-order valence-corrected chi connectivity index (χ0v) is 12.2. The van der Waals surface area contributed by atoms with Crippen LogP contribution >= 0.6 is 0 Å². The highest BCUT2D eigenvalue weighted by Crippen LogP contribution is 2.14. The Morgan fingerprint density at radius 3 is 2.61 bits per heavy atom. The van der Waals surface area contributed by atoms with Crippen molar-refractivity contribution in [3.63, 3.8) is 0 Å². The van der Waals surface area contributed by atoms with Crippen LogP contribution in [0.2, 0.25) is 0 Å². The minimum absolute atomic E-state index is 0.121. The molecule has 1 N–H and O–H groups in total. The van der Waals surface area contributed by atoms with Gasteiger partial charge in [0.05, 0.1) is 13.5 Å². The monoisotopic (exact) mass is 256 g/mol. The Morgan fingerprint density at radius 2 is 2.11 bits per heavy atom. The van der Waals surface area contributed by atoms with Crippen LogP contribution in [0, 0.1) is 0 Å². The maximum Gasteiger partial charge on any atom is 0.307 e. The summed E-state index contributed by atoms with van der Waals surface area (Å²) in [5.74, 6) is -0.121. The third kappa shape index (κ3) is 4.94. The lowest BCUT2D eigenvalue weighted by Crippen LogP contribution is -2.49. The Hall–Kier alpha value is -0.610. The standard InChI is InChI=1S/C14H28N2O2/c1-11(2)16(12(3)9-14(17)18-4)10-13-7-5-6-8-15-13/h11-13,15H,5-10H2,1-4H3. The van der Waals surface area contributed by atoms with E-state index in [1.807, 2.05) is 0 Å². The van der Waals surface area contributed by atoms with Gasteiger partial charge in [-0.2, -0.15) is 0 Å². The van der Waals surface area contributed by atoms with Crippen molar-refractivity contribution in [2.45, 2.75) is 64.6 Å². The molecule has 0 bridgehead atoms. The summed E-state index contributed by atoms with van der Waals surface area (Å²) in [7, 11) is 1.46. The van der Waals surface area contributed by atoms with Gasteiger partial charge in [0, 0.05) is 24.7 Å². The molecule has 0 spiro atoms. The van der Waals surface area contributed by atoms with Crippen molar-refractivity contribution in [3.05, 3.63) is 0 Å². The zero-order chi connectivity index (χ0) is 13.5. The van der Waals surface area contributed by atoms with Gasteiger partial charge in [0.2, 0.25) is 0 Å². The summed E-state index contributed by atoms with van der Waals surface area (Å²) in [5, 5.41) is 3.57. The van der Waals surface area contributed by atoms with E-state index in [2.05, 4.69) is 31.0 Å². The lowest BCUT2D eigenvalue weighted by molar-refractivity contribution is -0.142. The molecule has 106 valence electrons. The fourth-order valence-electron chi connectivity index (χ4n) is 2.68. The smallest absolute Gasteiger partial charge is 0.307 e. The van der Waals surface area contributed by atoms with Gasteiger partial charge in [-0.15, -0.1) is 0 Å². The Bertz CT molecular complexity index is 250. The molecule has 0 aromatic carbocycles. The largest absolute Gasteiger partial charge is 0.469 e. The van der Waals surface area contributed by atoms with Crippen molar-refractivity contribution >= 4 is 5.97 Å². The molecule has 0 aliphatic carbocycles. The molecule has 0 radical (unpaired) electrons. The summed E-state index contributed by atoms with van der Waals surface area (Å²) < 4.78 is 4.76. The number of hydrogen-bond acceptors (Lipinski definition) is 4. The summed E-state index contributed by atoms with van der Waals surface area (Å²) in [5.41, 5.74) is 0. The second-order valence-electron chi connectivity index (χ2n) is 5.57. The average molecular weight is 256 g/mol. The van der Waals surface area contributed by atoms with E-state index in [1.165, 1.54) is 26.4 Å². The van der Waals surface area contributed by atoms with E-state index in [4.69, 9.17) is 4.74 Å². The Labute approximate surface area is 111 Å².